The van der Waals surface area contributed by atoms with Gasteiger partial charge in [0.05, 0.1) is 6.42 Å². The number of carbonyl (C=O) groups excluding carboxylic acids is 1. The predicted molar refractivity (Wildman–Crippen MR) is 97.6 cm³/mol. The maximum absolute atomic E-state index is 12.6. The zero-order chi connectivity index (χ0) is 20.2. The Kier molecular flexibility index (Phi) is 3.69. The van der Waals surface area contributed by atoms with E-state index in [1.54, 1.807) is 13.8 Å². The first-order valence-electron chi connectivity index (χ1n) is 10.1. The molecule has 0 aromatic rings. The second-order valence-corrected chi connectivity index (χ2v) is 10.2. The Labute approximate surface area is 160 Å². The van der Waals surface area contributed by atoms with Gasteiger partial charge in [-0.25, -0.2) is 0 Å². The average Bonchev–Trinajstić information content (AvgIpc) is 2.75. The van der Waals surface area contributed by atoms with Crippen LogP contribution in [0.3, 0.4) is 0 Å². The molecule has 1 aliphatic heterocycles. The molecule has 4 aliphatic rings. The second-order valence-electron chi connectivity index (χ2n) is 10.2. The summed E-state index contributed by atoms with van der Waals surface area (Å²) in [7, 11) is 0. The molecule has 2 bridgehead atoms. The summed E-state index contributed by atoms with van der Waals surface area (Å²) >= 11 is 0. The van der Waals surface area contributed by atoms with Crippen molar-refractivity contribution in [3.63, 3.8) is 0 Å². The number of ether oxygens (including phenoxy) is 1. The summed E-state index contributed by atoms with van der Waals surface area (Å²) in [6, 6.07) is 0. The second kappa shape index (κ2) is 5.15. The van der Waals surface area contributed by atoms with Gasteiger partial charge in [0.2, 0.25) is 5.60 Å². The van der Waals surface area contributed by atoms with E-state index in [1.165, 1.54) is 0 Å². The van der Waals surface area contributed by atoms with Gasteiger partial charge in [0.1, 0.15) is 17.3 Å². The highest BCUT2D eigenvalue weighted by Crippen LogP contribution is 2.72. The van der Waals surface area contributed by atoms with Crippen LogP contribution in [0.25, 0.3) is 0 Å². The van der Waals surface area contributed by atoms with E-state index in [4.69, 9.17) is 4.74 Å². The minimum Gasteiger partial charge on any atom is -0.450 e. The number of hydrogen-bond acceptors (Lipinski definition) is 6. The highest BCUT2D eigenvalue weighted by Gasteiger charge is 2.87. The Bertz CT molecular complexity index is 745. The van der Waals surface area contributed by atoms with Gasteiger partial charge in [-0.15, -0.1) is 0 Å². The SMILES string of the molecule is CC1=C(C(C)C)CC2(O)CC3(C)CC(=O)OC4(C(O)C(C)CCC34O)C12O. The van der Waals surface area contributed by atoms with Crippen molar-refractivity contribution >= 4 is 5.97 Å². The molecule has 7 unspecified atom stereocenters. The number of fused-ring (bicyclic) bond motifs is 1. The van der Waals surface area contributed by atoms with Crippen LogP contribution in [0.5, 0.6) is 0 Å². The molecule has 4 N–H and O–H groups in total. The van der Waals surface area contributed by atoms with Crippen LogP contribution in [0, 0.1) is 17.3 Å². The summed E-state index contributed by atoms with van der Waals surface area (Å²) in [5, 5.41) is 47.2. The summed E-state index contributed by atoms with van der Waals surface area (Å²) in [6.45, 7) is 9.33. The number of hydrogen-bond donors (Lipinski definition) is 4. The molecule has 6 nitrogen and oxygen atoms in total. The van der Waals surface area contributed by atoms with Crippen LogP contribution in [0.4, 0.5) is 0 Å². The zero-order valence-electron chi connectivity index (χ0n) is 16.9. The molecule has 1 saturated heterocycles. The van der Waals surface area contributed by atoms with Crippen LogP contribution in [0.2, 0.25) is 0 Å². The van der Waals surface area contributed by atoms with Crippen LogP contribution in [-0.2, 0) is 9.53 Å². The molecule has 0 amide bonds. The first kappa shape index (κ1) is 19.4. The quantitative estimate of drug-likeness (QED) is 0.405. The van der Waals surface area contributed by atoms with Gasteiger partial charge in [0, 0.05) is 11.8 Å². The fourth-order valence-corrected chi connectivity index (χ4v) is 7.05. The van der Waals surface area contributed by atoms with Crippen molar-refractivity contribution in [2.24, 2.45) is 17.3 Å². The molecule has 0 spiro atoms. The van der Waals surface area contributed by atoms with Crippen LogP contribution in [-0.4, -0.2) is 54.9 Å². The molecule has 0 aromatic heterocycles. The third-order valence-electron chi connectivity index (χ3n) is 8.44. The normalized spacial score (nSPS) is 54.7. The predicted octanol–water partition coefficient (Wildman–Crippen LogP) is 1.44. The smallest absolute Gasteiger partial charge is 0.307 e. The minimum atomic E-state index is -2.03. The first-order chi connectivity index (χ1) is 12.3. The van der Waals surface area contributed by atoms with E-state index in [9.17, 15) is 25.2 Å². The number of aliphatic hydroxyl groups excluding tert-OH is 1. The van der Waals surface area contributed by atoms with E-state index < -0.39 is 39.9 Å². The van der Waals surface area contributed by atoms with E-state index in [1.807, 2.05) is 20.8 Å². The van der Waals surface area contributed by atoms with E-state index in [2.05, 4.69) is 0 Å². The maximum atomic E-state index is 12.6. The summed E-state index contributed by atoms with van der Waals surface area (Å²) in [6.07, 6.45) is -0.130. The molecule has 27 heavy (non-hydrogen) atoms. The Morgan fingerprint density at radius 1 is 1.19 bits per heavy atom. The van der Waals surface area contributed by atoms with Crippen molar-refractivity contribution < 1.29 is 30.0 Å². The molecule has 3 aliphatic carbocycles. The first-order valence-corrected chi connectivity index (χ1v) is 10.1. The molecule has 0 aromatic carbocycles. The lowest BCUT2D eigenvalue weighted by Crippen LogP contribution is -2.90. The van der Waals surface area contributed by atoms with Gasteiger partial charge in [-0.1, -0.05) is 33.3 Å². The molecule has 4 rings (SSSR count). The Hall–Kier alpha value is -0.950. The molecule has 6 heteroatoms. The minimum absolute atomic E-state index is 0.0409. The Morgan fingerprint density at radius 2 is 1.81 bits per heavy atom. The zero-order valence-corrected chi connectivity index (χ0v) is 16.9. The molecular formula is C21H32O6. The van der Waals surface area contributed by atoms with Gasteiger partial charge in [0.15, 0.2) is 5.60 Å². The van der Waals surface area contributed by atoms with Crippen molar-refractivity contribution in [2.45, 2.75) is 95.2 Å². The highest BCUT2D eigenvalue weighted by molar-refractivity contribution is 5.75. The lowest BCUT2D eigenvalue weighted by atomic mass is 9.40. The van der Waals surface area contributed by atoms with Crippen molar-refractivity contribution in [2.75, 3.05) is 0 Å². The molecule has 0 radical (unpaired) electrons. The monoisotopic (exact) mass is 380 g/mol. The van der Waals surface area contributed by atoms with Crippen LogP contribution < -0.4 is 0 Å². The van der Waals surface area contributed by atoms with Crippen LogP contribution in [0.15, 0.2) is 11.1 Å². The highest BCUT2D eigenvalue weighted by atomic mass is 16.6. The Balaban J connectivity index is 2.08. The van der Waals surface area contributed by atoms with Gasteiger partial charge in [-0.05, 0) is 43.6 Å². The molecule has 152 valence electrons. The molecule has 3 fully saturated rings. The fraction of sp³-hybridized carbons (Fsp3) is 0.857. The van der Waals surface area contributed by atoms with E-state index in [-0.39, 0.29) is 31.1 Å². The largest absolute Gasteiger partial charge is 0.450 e. The van der Waals surface area contributed by atoms with Gasteiger partial charge in [0.25, 0.3) is 0 Å². The van der Waals surface area contributed by atoms with Gasteiger partial charge < -0.3 is 25.2 Å². The molecular weight excluding hydrogens is 348 g/mol. The van der Waals surface area contributed by atoms with Crippen molar-refractivity contribution in [1.29, 1.82) is 0 Å². The summed E-state index contributed by atoms with van der Waals surface area (Å²) < 4.78 is 5.80. The van der Waals surface area contributed by atoms with Gasteiger partial charge >= 0.3 is 5.97 Å². The molecule has 2 saturated carbocycles. The lowest BCUT2D eigenvalue weighted by molar-refractivity contribution is -0.400. The maximum Gasteiger partial charge on any atom is 0.307 e. The molecule has 1 heterocycles. The fourth-order valence-electron chi connectivity index (χ4n) is 7.05. The molecule has 7 atom stereocenters. The van der Waals surface area contributed by atoms with Crippen molar-refractivity contribution in [3.05, 3.63) is 11.1 Å². The summed E-state index contributed by atoms with van der Waals surface area (Å²) in [5.74, 6) is -0.756. The Morgan fingerprint density at radius 3 is 2.41 bits per heavy atom. The standard InChI is InChI=1S/C21H32O6/c1-11(2)14-8-18(24)10-17(5)9-15(22)27-21(20(18,26)13(14)4)16(23)12(3)6-7-19(17,21)25/h11-12,16,23-26H,6-10H2,1-5H3. The third kappa shape index (κ3) is 1.80. The van der Waals surface area contributed by atoms with Crippen molar-refractivity contribution in [1.82, 2.24) is 0 Å². The van der Waals surface area contributed by atoms with E-state index in [0.717, 1.165) is 5.57 Å². The number of rotatable bonds is 1. The average molecular weight is 380 g/mol. The third-order valence-corrected chi connectivity index (χ3v) is 8.44. The van der Waals surface area contributed by atoms with Crippen LogP contribution in [0.1, 0.15) is 66.7 Å². The van der Waals surface area contributed by atoms with E-state index >= 15 is 0 Å². The topological polar surface area (TPSA) is 107 Å². The summed E-state index contributed by atoms with van der Waals surface area (Å²) in [4.78, 5) is 12.6. The number of esters is 1. The van der Waals surface area contributed by atoms with Crippen molar-refractivity contribution in [3.8, 4) is 0 Å². The van der Waals surface area contributed by atoms with E-state index in [0.29, 0.717) is 18.4 Å². The van der Waals surface area contributed by atoms with Crippen LogP contribution >= 0.6 is 0 Å². The van der Waals surface area contributed by atoms with Gasteiger partial charge in [-0.3, -0.25) is 4.79 Å². The summed E-state index contributed by atoms with van der Waals surface area (Å²) in [5.41, 5.74) is -6.80. The van der Waals surface area contributed by atoms with Gasteiger partial charge in [-0.2, -0.15) is 0 Å². The number of aliphatic hydroxyl groups is 4. The number of carbonyl (C=O) groups is 1. The lowest BCUT2D eigenvalue weighted by Gasteiger charge is -2.73.